The molecule has 0 radical (unpaired) electrons. The van der Waals surface area contributed by atoms with Crippen LogP contribution < -0.4 is 5.32 Å². The van der Waals surface area contributed by atoms with Gasteiger partial charge in [0.1, 0.15) is 5.82 Å². The van der Waals surface area contributed by atoms with Crippen molar-refractivity contribution in [3.63, 3.8) is 0 Å². The van der Waals surface area contributed by atoms with E-state index in [1.807, 2.05) is 23.1 Å². The third-order valence-electron chi connectivity index (χ3n) is 5.31. The zero-order valence-electron chi connectivity index (χ0n) is 17.9. The molecule has 1 aliphatic rings. The van der Waals surface area contributed by atoms with Gasteiger partial charge in [-0.3, -0.25) is 4.79 Å². The molecule has 0 aliphatic carbocycles. The van der Waals surface area contributed by atoms with Crippen molar-refractivity contribution in [2.75, 3.05) is 18.4 Å². The number of rotatable bonds is 8. The Balaban J connectivity index is 1.36. The zero-order valence-corrected chi connectivity index (χ0v) is 20.3. The first-order valence-electron chi connectivity index (χ1n) is 10.3. The third kappa shape index (κ3) is 5.06. The van der Waals surface area contributed by atoms with Crippen molar-refractivity contribution >= 4 is 44.7 Å². The number of benzene rings is 1. The highest BCUT2D eigenvalue weighted by molar-refractivity contribution is 8.00. The van der Waals surface area contributed by atoms with E-state index in [0.717, 1.165) is 18.7 Å². The second-order valence-electron chi connectivity index (χ2n) is 7.60. The van der Waals surface area contributed by atoms with Crippen molar-refractivity contribution in [2.24, 2.45) is 7.05 Å². The van der Waals surface area contributed by atoms with Gasteiger partial charge in [-0.1, -0.05) is 17.8 Å². The number of thioether (sulfide) groups is 1. The van der Waals surface area contributed by atoms with Gasteiger partial charge in [-0.05, 0) is 55.5 Å². The number of carbonyl (C=O) groups is 1. The van der Waals surface area contributed by atoms with Gasteiger partial charge in [-0.2, -0.15) is 4.31 Å². The van der Waals surface area contributed by atoms with Gasteiger partial charge in [-0.25, -0.2) is 8.42 Å². The number of thiophene rings is 1. The van der Waals surface area contributed by atoms with Crippen molar-refractivity contribution in [1.29, 1.82) is 0 Å². The van der Waals surface area contributed by atoms with Gasteiger partial charge in [-0.15, -0.1) is 21.5 Å². The van der Waals surface area contributed by atoms with Crippen molar-refractivity contribution in [1.82, 2.24) is 19.1 Å². The number of anilines is 1. The molecule has 3 aromatic rings. The van der Waals surface area contributed by atoms with Gasteiger partial charge in [0, 0.05) is 37.1 Å². The number of hydrogen-bond donors (Lipinski definition) is 1. The number of aromatic nitrogens is 3. The van der Waals surface area contributed by atoms with E-state index in [2.05, 4.69) is 21.6 Å². The lowest BCUT2D eigenvalue weighted by atomic mass is 10.3. The van der Waals surface area contributed by atoms with Gasteiger partial charge in [0.2, 0.25) is 15.9 Å². The molecule has 1 unspecified atom stereocenters. The molecule has 1 atom stereocenters. The van der Waals surface area contributed by atoms with Crippen LogP contribution in [0.5, 0.6) is 0 Å². The van der Waals surface area contributed by atoms with Crippen LogP contribution in [0.4, 0.5) is 5.69 Å². The predicted octanol–water partition coefficient (Wildman–Crippen LogP) is 3.37. The van der Waals surface area contributed by atoms with E-state index in [9.17, 15) is 13.2 Å². The monoisotopic (exact) mass is 491 g/mol. The number of hydrogen-bond acceptors (Lipinski definition) is 7. The minimum Gasteiger partial charge on any atom is -0.325 e. The highest BCUT2D eigenvalue weighted by atomic mass is 32.2. The molecule has 32 heavy (non-hydrogen) atoms. The summed E-state index contributed by atoms with van der Waals surface area (Å²) in [7, 11) is -1.56. The average Bonchev–Trinajstić information content (AvgIpc) is 3.54. The summed E-state index contributed by atoms with van der Waals surface area (Å²) in [4.78, 5) is 14.1. The zero-order chi connectivity index (χ0) is 22.7. The van der Waals surface area contributed by atoms with Gasteiger partial charge in [0.15, 0.2) is 5.16 Å². The highest BCUT2D eigenvalue weighted by Gasteiger charge is 2.27. The number of nitrogens with one attached hydrogen (secondary N) is 1. The lowest BCUT2D eigenvalue weighted by molar-refractivity contribution is -0.115. The van der Waals surface area contributed by atoms with Crippen LogP contribution in [0.15, 0.2) is 51.8 Å². The van der Waals surface area contributed by atoms with Crippen LogP contribution in [0, 0.1) is 0 Å². The quantitative estimate of drug-likeness (QED) is 0.485. The molecule has 3 heterocycles. The van der Waals surface area contributed by atoms with Crippen molar-refractivity contribution in [3.8, 4) is 0 Å². The average molecular weight is 492 g/mol. The van der Waals surface area contributed by atoms with Crippen molar-refractivity contribution in [2.45, 2.75) is 41.5 Å². The van der Waals surface area contributed by atoms with E-state index < -0.39 is 15.3 Å². The topological polar surface area (TPSA) is 97.2 Å². The molecule has 11 heteroatoms. The second-order valence-corrected chi connectivity index (χ2v) is 11.9. The Kier molecular flexibility index (Phi) is 6.99. The van der Waals surface area contributed by atoms with E-state index in [1.165, 1.54) is 20.9 Å². The molecule has 0 saturated carbocycles. The molecule has 8 nitrogen and oxygen atoms in total. The Morgan fingerprint density at radius 2 is 1.91 bits per heavy atom. The first-order valence-corrected chi connectivity index (χ1v) is 13.5. The Morgan fingerprint density at radius 3 is 2.56 bits per heavy atom. The maximum absolute atomic E-state index is 12.7. The molecule has 4 rings (SSSR count). The van der Waals surface area contributed by atoms with E-state index >= 15 is 0 Å². The van der Waals surface area contributed by atoms with E-state index in [-0.39, 0.29) is 10.8 Å². The molecule has 1 N–H and O–H groups in total. The fourth-order valence-corrected chi connectivity index (χ4v) is 6.47. The van der Waals surface area contributed by atoms with Gasteiger partial charge in [0.05, 0.1) is 10.1 Å². The molecule has 2 aromatic heterocycles. The normalized spacial score (nSPS) is 15.7. The summed E-state index contributed by atoms with van der Waals surface area (Å²) in [5, 5.41) is 13.6. The molecule has 1 saturated heterocycles. The number of sulfonamides is 1. The maximum Gasteiger partial charge on any atom is 0.243 e. The molecule has 1 fully saturated rings. The summed E-state index contributed by atoms with van der Waals surface area (Å²) < 4.78 is 28.7. The number of carbonyl (C=O) groups excluding carboxylic acids is 1. The smallest absolute Gasteiger partial charge is 0.243 e. The summed E-state index contributed by atoms with van der Waals surface area (Å²) in [6.45, 7) is 2.93. The van der Waals surface area contributed by atoms with Crippen molar-refractivity contribution in [3.05, 3.63) is 52.5 Å². The summed E-state index contributed by atoms with van der Waals surface area (Å²) >= 11 is 3.01. The minimum atomic E-state index is -3.46. The Morgan fingerprint density at radius 1 is 1.19 bits per heavy atom. The van der Waals surface area contributed by atoms with Gasteiger partial charge in [0.25, 0.3) is 0 Å². The molecule has 1 aromatic carbocycles. The summed E-state index contributed by atoms with van der Waals surface area (Å²) in [6.07, 6.45) is 2.49. The first-order chi connectivity index (χ1) is 15.3. The van der Waals surface area contributed by atoms with Crippen LogP contribution in [0.3, 0.4) is 0 Å². The fraction of sp³-hybridized carbons (Fsp3) is 0.381. The molecule has 1 amide bonds. The summed E-state index contributed by atoms with van der Waals surface area (Å²) in [6, 6.07) is 10.4. The van der Waals surface area contributed by atoms with E-state index in [0.29, 0.717) is 30.4 Å². The third-order valence-corrected chi connectivity index (χ3v) is 9.24. The van der Waals surface area contributed by atoms with Crippen LogP contribution in [-0.4, -0.2) is 51.7 Å². The van der Waals surface area contributed by atoms with Crippen LogP contribution >= 0.6 is 23.1 Å². The number of nitrogens with zero attached hydrogens (tertiary/aromatic N) is 4. The maximum atomic E-state index is 12.7. The number of amides is 1. The second kappa shape index (κ2) is 9.74. The highest BCUT2D eigenvalue weighted by Crippen LogP contribution is 2.25. The molecule has 0 bridgehead atoms. The molecule has 0 spiro atoms. The molecular weight excluding hydrogens is 466 g/mol. The molecule has 170 valence electrons. The Bertz CT molecular complexity index is 1170. The van der Waals surface area contributed by atoms with Gasteiger partial charge >= 0.3 is 0 Å². The first kappa shape index (κ1) is 23.0. The largest absolute Gasteiger partial charge is 0.325 e. The SMILES string of the molecule is CC(Sc1nnc(Cc2cccs2)n1C)C(=O)Nc1ccc(S(=O)(=O)N2CCCC2)cc1. The van der Waals surface area contributed by atoms with Gasteiger partial charge < -0.3 is 9.88 Å². The summed E-state index contributed by atoms with van der Waals surface area (Å²) in [5.74, 6) is 0.658. The lowest BCUT2D eigenvalue weighted by Crippen LogP contribution is -2.27. The van der Waals surface area contributed by atoms with Crippen LogP contribution in [0.2, 0.25) is 0 Å². The van der Waals surface area contributed by atoms with E-state index in [4.69, 9.17) is 0 Å². The molecular formula is C21H25N5O3S3. The summed E-state index contributed by atoms with van der Waals surface area (Å²) in [5.41, 5.74) is 0.555. The lowest BCUT2D eigenvalue weighted by Gasteiger charge is -2.16. The fourth-order valence-electron chi connectivity index (χ4n) is 3.41. The van der Waals surface area contributed by atoms with Crippen molar-refractivity contribution < 1.29 is 13.2 Å². The Hall–Kier alpha value is -2.21. The van der Waals surface area contributed by atoms with E-state index in [1.54, 1.807) is 42.5 Å². The van der Waals surface area contributed by atoms with Crippen LogP contribution in [0.25, 0.3) is 0 Å². The van der Waals surface area contributed by atoms with Crippen LogP contribution in [0.1, 0.15) is 30.5 Å². The Labute approximate surface area is 196 Å². The molecule has 1 aliphatic heterocycles. The minimum absolute atomic E-state index is 0.187. The van der Waals surface area contributed by atoms with Crippen LogP contribution in [-0.2, 0) is 28.3 Å². The standard InChI is InChI=1S/C21H25N5O3S3/c1-15(31-21-24-23-19(25(21)2)14-17-6-5-13-30-17)20(27)22-16-7-9-18(10-8-16)32(28,29)26-11-3-4-12-26/h5-10,13,15H,3-4,11-12,14H2,1-2H3,(H,22,27). The predicted molar refractivity (Wildman–Crippen MR) is 127 cm³/mol.